The average molecular weight is 388 g/mol. The molecule has 2 heterocycles. The summed E-state index contributed by atoms with van der Waals surface area (Å²) in [6, 6.07) is 16.0. The molecule has 140 valence electrons. The highest BCUT2D eigenvalue weighted by atomic mass is 32.2. The molecule has 0 aliphatic rings. The van der Waals surface area contributed by atoms with Gasteiger partial charge in [0, 0.05) is 17.4 Å². The third kappa shape index (κ3) is 3.64. The lowest BCUT2D eigenvalue weighted by atomic mass is 10.1. The van der Waals surface area contributed by atoms with Crippen molar-refractivity contribution in [1.82, 2.24) is 15.0 Å². The number of thioether (sulfide) groups is 1. The molecule has 2 N–H and O–H groups in total. The molecule has 0 radical (unpaired) electrons. The first-order valence-corrected chi connectivity index (χ1v) is 9.98. The first-order valence-electron chi connectivity index (χ1n) is 9.00. The summed E-state index contributed by atoms with van der Waals surface area (Å²) in [6.07, 6.45) is 3.49. The molecule has 0 saturated carbocycles. The summed E-state index contributed by atoms with van der Waals surface area (Å²) in [6.45, 7) is 4.04. The molecule has 6 heteroatoms. The molecule has 0 spiro atoms. The van der Waals surface area contributed by atoms with Gasteiger partial charge in [-0.05, 0) is 36.6 Å². The minimum absolute atomic E-state index is 0.0553. The number of hydrogen-bond acceptors (Lipinski definition) is 4. The Balaban J connectivity index is 1.52. The van der Waals surface area contributed by atoms with Crippen LogP contribution in [-0.2, 0) is 4.79 Å². The predicted molar refractivity (Wildman–Crippen MR) is 115 cm³/mol. The number of rotatable bonds is 5. The van der Waals surface area contributed by atoms with Crippen molar-refractivity contribution in [3.8, 4) is 11.1 Å². The van der Waals surface area contributed by atoms with Gasteiger partial charge in [-0.2, -0.15) is 0 Å². The Bertz CT molecular complexity index is 1140. The number of aromatic amines is 1. The van der Waals surface area contributed by atoms with E-state index in [1.54, 1.807) is 6.33 Å². The normalized spacial score (nSPS) is 10.9. The van der Waals surface area contributed by atoms with Crippen LogP contribution in [0.1, 0.15) is 11.1 Å². The summed E-state index contributed by atoms with van der Waals surface area (Å²) in [5.41, 5.74) is 6.93. The van der Waals surface area contributed by atoms with E-state index in [1.807, 2.05) is 56.4 Å². The van der Waals surface area contributed by atoms with E-state index in [2.05, 4.69) is 32.4 Å². The van der Waals surface area contributed by atoms with Gasteiger partial charge in [0.15, 0.2) is 0 Å². The molecule has 4 rings (SSSR count). The Morgan fingerprint density at radius 2 is 1.89 bits per heavy atom. The molecule has 0 bridgehead atoms. The van der Waals surface area contributed by atoms with Gasteiger partial charge in [-0.3, -0.25) is 4.79 Å². The van der Waals surface area contributed by atoms with Crippen molar-refractivity contribution in [2.75, 3.05) is 11.1 Å². The Kier molecular flexibility index (Phi) is 5.12. The summed E-state index contributed by atoms with van der Waals surface area (Å²) in [5, 5.41) is 3.75. The van der Waals surface area contributed by atoms with Crippen molar-refractivity contribution in [2.24, 2.45) is 0 Å². The Hall–Kier alpha value is -3.12. The quantitative estimate of drug-likeness (QED) is 0.374. The fraction of sp³-hybridized carbons (Fsp3) is 0.136. The molecule has 5 nitrogen and oxygen atoms in total. The van der Waals surface area contributed by atoms with Crippen LogP contribution in [0.3, 0.4) is 0 Å². The molecule has 0 aliphatic heterocycles. The molecular formula is C22H20N4OS. The van der Waals surface area contributed by atoms with Gasteiger partial charge in [-0.25, -0.2) is 9.97 Å². The zero-order valence-corrected chi connectivity index (χ0v) is 16.5. The number of fused-ring (bicyclic) bond motifs is 1. The summed E-state index contributed by atoms with van der Waals surface area (Å²) >= 11 is 1.40. The van der Waals surface area contributed by atoms with Crippen LogP contribution in [0, 0.1) is 13.8 Å². The summed E-state index contributed by atoms with van der Waals surface area (Å²) in [5.74, 6) is 0.222. The molecule has 4 aromatic rings. The number of amides is 1. The molecule has 0 fully saturated rings. The SMILES string of the molecule is Cc1cccc(NC(=O)CSc2ncnc3c(-c4ccccc4)c[nH]c23)c1C. The van der Waals surface area contributed by atoms with Gasteiger partial charge in [0.1, 0.15) is 16.9 Å². The van der Waals surface area contributed by atoms with Gasteiger partial charge in [0.25, 0.3) is 0 Å². The van der Waals surface area contributed by atoms with Gasteiger partial charge in [0.2, 0.25) is 5.91 Å². The third-order valence-electron chi connectivity index (χ3n) is 4.73. The van der Waals surface area contributed by atoms with E-state index in [9.17, 15) is 4.79 Å². The summed E-state index contributed by atoms with van der Waals surface area (Å²) in [4.78, 5) is 24.5. The van der Waals surface area contributed by atoms with Crippen LogP contribution in [0.25, 0.3) is 22.2 Å². The number of aryl methyl sites for hydroxylation is 1. The van der Waals surface area contributed by atoms with Crippen molar-refractivity contribution >= 4 is 34.4 Å². The maximum Gasteiger partial charge on any atom is 0.234 e. The monoisotopic (exact) mass is 388 g/mol. The fourth-order valence-electron chi connectivity index (χ4n) is 3.07. The van der Waals surface area contributed by atoms with Gasteiger partial charge < -0.3 is 10.3 Å². The van der Waals surface area contributed by atoms with Crippen LogP contribution in [0.15, 0.2) is 66.1 Å². The number of carbonyl (C=O) groups is 1. The molecular weight excluding hydrogens is 368 g/mol. The maximum absolute atomic E-state index is 12.4. The van der Waals surface area contributed by atoms with Crippen molar-refractivity contribution in [2.45, 2.75) is 18.9 Å². The number of carbonyl (C=O) groups excluding carboxylic acids is 1. The number of hydrogen-bond donors (Lipinski definition) is 2. The summed E-state index contributed by atoms with van der Waals surface area (Å²) < 4.78 is 0. The predicted octanol–water partition coefficient (Wildman–Crippen LogP) is 4.97. The second-order valence-electron chi connectivity index (χ2n) is 6.56. The Morgan fingerprint density at radius 3 is 2.71 bits per heavy atom. The average Bonchev–Trinajstić information content (AvgIpc) is 3.15. The number of nitrogens with one attached hydrogen (secondary N) is 2. The molecule has 28 heavy (non-hydrogen) atoms. The third-order valence-corrected chi connectivity index (χ3v) is 5.72. The number of H-pyrrole nitrogens is 1. The molecule has 1 amide bonds. The first kappa shape index (κ1) is 18.3. The molecule has 0 unspecified atom stereocenters. The van der Waals surface area contributed by atoms with E-state index in [1.165, 1.54) is 11.8 Å². The van der Waals surface area contributed by atoms with Crippen molar-refractivity contribution in [3.63, 3.8) is 0 Å². The van der Waals surface area contributed by atoms with Crippen LogP contribution in [0.5, 0.6) is 0 Å². The number of benzene rings is 2. The van der Waals surface area contributed by atoms with Gasteiger partial charge >= 0.3 is 0 Å². The topological polar surface area (TPSA) is 70.7 Å². The van der Waals surface area contributed by atoms with Crippen LogP contribution in [0.2, 0.25) is 0 Å². The van der Waals surface area contributed by atoms with Crippen molar-refractivity contribution in [3.05, 3.63) is 72.2 Å². The molecule has 2 aromatic carbocycles. The van der Waals surface area contributed by atoms with Crippen LogP contribution in [0.4, 0.5) is 5.69 Å². The minimum atomic E-state index is -0.0553. The van der Waals surface area contributed by atoms with E-state index >= 15 is 0 Å². The van der Waals surface area contributed by atoms with E-state index in [0.29, 0.717) is 0 Å². The minimum Gasteiger partial charge on any atom is -0.357 e. The van der Waals surface area contributed by atoms with Gasteiger partial charge in [-0.1, -0.05) is 54.2 Å². The second kappa shape index (κ2) is 7.86. The number of nitrogens with zero attached hydrogens (tertiary/aromatic N) is 2. The van der Waals surface area contributed by atoms with Crippen LogP contribution < -0.4 is 5.32 Å². The van der Waals surface area contributed by atoms with Crippen molar-refractivity contribution in [1.29, 1.82) is 0 Å². The summed E-state index contributed by atoms with van der Waals surface area (Å²) in [7, 11) is 0. The van der Waals surface area contributed by atoms with E-state index in [4.69, 9.17) is 0 Å². The van der Waals surface area contributed by atoms with E-state index in [-0.39, 0.29) is 11.7 Å². The number of anilines is 1. The Morgan fingerprint density at radius 1 is 1.07 bits per heavy atom. The van der Waals surface area contributed by atoms with Gasteiger partial charge in [-0.15, -0.1) is 0 Å². The molecule has 0 saturated heterocycles. The van der Waals surface area contributed by atoms with E-state index < -0.39 is 0 Å². The zero-order chi connectivity index (χ0) is 19.5. The lowest BCUT2D eigenvalue weighted by Gasteiger charge is -2.10. The number of aromatic nitrogens is 3. The van der Waals surface area contributed by atoms with E-state index in [0.717, 1.165) is 44.0 Å². The smallest absolute Gasteiger partial charge is 0.234 e. The lowest BCUT2D eigenvalue weighted by Crippen LogP contribution is -2.15. The Labute approximate surface area is 167 Å². The molecule has 0 atom stereocenters. The first-order chi connectivity index (χ1) is 13.6. The maximum atomic E-state index is 12.4. The highest BCUT2D eigenvalue weighted by molar-refractivity contribution is 8.00. The largest absolute Gasteiger partial charge is 0.357 e. The van der Waals surface area contributed by atoms with Crippen molar-refractivity contribution < 1.29 is 4.79 Å². The molecule has 2 aromatic heterocycles. The highest BCUT2D eigenvalue weighted by Crippen LogP contribution is 2.31. The zero-order valence-electron chi connectivity index (χ0n) is 15.7. The molecule has 0 aliphatic carbocycles. The lowest BCUT2D eigenvalue weighted by molar-refractivity contribution is -0.113. The van der Waals surface area contributed by atoms with Crippen LogP contribution >= 0.6 is 11.8 Å². The van der Waals surface area contributed by atoms with Gasteiger partial charge in [0.05, 0.1) is 11.3 Å². The standard InChI is InChI=1S/C22H20N4OS/c1-14-7-6-10-18(15(14)2)26-19(27)12-28-22-21-20(24-13-25-22)17(11-23-21)16-8-4-3-5-9-16/h3-11,13,23H,12H2,1-2H3,(H,26,27). The fourth-order valence-corrected chi connectivity index (χ4v) is 3.83. The second-order valence-corrected chi connectivity index (χ2v) is 7.52. The highest BCUT2D eigenvalue weighted by Gasteiger charge is 2.14. The van der Waals surface area contributed by atoms with Crippen LogP contribution in [-0.4, -0.2) is 26.6 Å².